The molecule has 2 heterocycles. The van der Waals surface area contributed by atoms with Crippen molar-refractivity contribution >= 4 is 16.8 Å². The zero-order valence-corrected chi connectivity index (χ0v) is 16.8. The van der Waals surface area contributed by atoms with Crippen molar-refractivity contribution in [2.45, 2.75) is 25.8 Å². The summed E-state index contributed by atoms with van der Waals surface area (Å²) < 4.78 is 2.14. The van der Waals surface area contributed by atoms with Gasteiger partial charge in [-0.05, 0) is 35.7 Å². The van der Waals surface area contributed by atoms with E-state index < -0.39 is 0 Å². The van der Waals surface area contributed by atoms with Crippen molar-refractivity contribution in [3.63, 3.8) is 0 Å². The molecule has 4 nitrogen and oxygen atoms in total. The lowest BCUT2D eigenvalue weighted by atomic mass is 9.87. The van der Waals surface area contributed by atoms with Gasteiger partial charge in [0.2, 0.25) is 5.91 Å². The second-order valence-electron chi connectivity index (χ2n) is 7.52. The molecule has 29 heavy (non-hydrogen) atoms. The van der Waals surface area contributed by atoms with Crippen molar-refractivity contribution in [2.75, 3.05) is 0 Å². The molecule has 146 valence electrons. The maximum Gasteiger partial charge on any atom is 0.221 e. The van der Waals surface area contributed by atoms with E-state index >= 15 is 0 Å². The van der Waals surface area contributed by atoms with E-state index in [4.69, 9.17) is 0 Å². The van der Waals surface area contributed by atoms with Crippen molar-refractivity contribution in [1.29, 1.82) is 0 Å². The molecule has 1 atom stereocenters. The first-order valence-corrected chi connectivity index (χ1v) is 9.88. The Morgan fingerprint density at radius 3 is 2.62 bits per heavy atom. The summed E-state index contributed by atoms with van der Waals surface area (Å²) in [4.78, 5) is 17.0. The molecule has 4 rings (SSSR count). The molecule has 0 bridgehead atoms. The Kier molecular flexibility index (Phi) is 5.43. The monoisotopic (exact) mass is 383 g/mol. The van der Waals surface area contributed by atoms with E-state index in [1.165, 1.54) is 22.0 Å². The van der Waals surface area contributed by atoms with Crippen LogP contribution in [0.1, 0.15) is 34.6 Å². The molecule has 4 aromatic rings. The highest BCUT2D eigenvalue weighted by atomic mass is 16.1. The molecule has 4 heteroatoms. The van der Waals surface area contributed by atoms with Gasteiger partial charge in [-0.2, -0.15) is 0 Å². The summed E-state index contributed by atoms with van der Waals surface area (Å²) in [6, 6.07) is 20.7. The quantitative estimate of drug-likeness (QED) is 0.524. The van der Waals surface area contributed by atoms with Crippen LogP contribution >= 0.6 is 0 Å². The zero-order valence-electron chi connectivity index (χ0n) is 16.8. The number of pyridine rings is 1. The molecule has 0 saturated carbocycles. The second kappa shape index (κ2) is 8.31. The predicted octanol–water partition coefficient (Wildman–Crippen LogP) is 4.72. The minimum atomic E-state index is -0.00408. The average Bonchev–Trinajstić information content (AvgIpc) is 3.09. The summed E-state index contributed by atoms with van der Waals surface area (Å²) >= 11 is 0. The van der Waals surface area contributed by atoms with E-state index in [1.54, 1.807) is 12.4 Å². The van der Waals surface area contributed by atoms with Crippen LogP contribution in [-0.2, 0) is 18.4 Å². The van der Waals surface area contributed by atoms with Gasteiger partial charge in [-0.3, -0.25) is 9.78 Å². The summed E-state index contributed by atoms with van der Waals surface area (Å²) in [6.45, 7) is 2.57. The van der Waals surface area contributed by atoms with Crippen LogP contribution in [0.15, 0.2) is 79.3 Å². The summed E-state index contributed by atoms with van der Waals surface area (Å²) in [5, 5.41) is 4.24. The summed E-state index contributed by atoms with van der Waals surface area (Å²) in [5.41, 5.74) is 5.73. The summed E-state index contributed by atoms with van der Waals surface area (Å²) in [5.74, 6) is 0.0305. The van der Waals surface area contributed by atoms with Gasteiger partial charge in [0.15, 0.2) is 0 Å². The highest BCUT2D eigenvalue weighted by Gasteiger charge is 2.22. The first-order chi connectivity index (χ1) is 14.1. The SMILES string of the molecule is Cc1ccc([C@@H](CC(=O)NCc2cccnc2)c2cn(C)c3ccccc23)cc1. The number of fused-ring (bicyclic) bond motifs is 1. The van der Waals surface area contributed by atoms with E-state index in [2.05, 4.69) is 77.5 Å². The van der Waals surface area contributed by atoms with Crippen LogP contribution in [0, 0.1) is 6.92 Å². The van der Waals surface area contributed by atoms with Crippen LogP contribution in [0.5, 0.6) is 0 Å². The predicted molar refractivity (Wildman–Crippen MR) is 117 cm³/mol. The third-order valence-electron chi connectivity index (χ3n) is 5.38. The molecular formula is C25H25N3O. The van der Waals surface area contributed by atoms with Gasteiger partial charge in [-0.25, -0.2) is 0 Å². The Morgan fingerprint density at radius 1 is 1.07 bits per heavy atom. The molecule has 0 aliphatic heterocycles. The summed E-state index contributed by atoms with van der Waals surface area (Å²) in [7, 11) is 2.06. The fourth-order valence-corrected chi connectivity index (χ4v) is 3.82. The Bertz CT molecular complexity index is 1110. The largest absolute Gasteiger partial charge is 0.352 e. The maximum absolute atomic E-state index is 12.8. The lowest BCUT2D eigenvalue weighted by Crippen LogP contribution is -2.25. The number of hydrogen-bond acceptors (Lipinski definition) is 2. The topological polar surface area (TPSA) is 46.9 Å². The average molecular weight is 383 g/mol. The van der Waals surface area contributed by atoms with Crippen molar-refractivity contribution in [1.82, 2.24) is 14.9 Å². The van der Waals surface area contributed by atoms with Crippen LogP contribution in [-0.4, -0.2) is 15.5 Å². The van der Waals surface area contributed by atoms with Gasteiger partial charge in [0.05, 0.1) is 0 Å². The number of amides is 1. The highest BCUT2D eigenvalue weighted by Crippen LogP contribution is 2.34. The number of para-hydroxylation sites is 1. The van der Waals surface area contributed by atoms with Gasteiger partial charge in [0, 0.05) is 55.4 Å². The molecular weight excluding hydrogens is 358 g/mol. The van der Waals surface area contributed by atoms with Gasteiger partial charge in [0.1, 0.15) is 0 Å². The molecule has 0 spiro atoms. The van der Waals surface area contributed by atoms with E-state index in [-0.39, 0.29) is 11.8 Å². The molecule has 1 amide bonds. The second-order valence-corrected chi connectivity index (χ2v) is 7.52. The first-order valence-electron chi connectivity index (χ1n) is 9.88. The van der Waals surface area contributed by atoms with Crippen LogP contribution in [0.4, 0.5) is 0 Å². The van der Waals surface area contributed by atoms with Crippen molar-refractivity contribution in [2.24, 2.45) is 7.05 Å². The van der Waals surface area contributed by atoms with Crippen LogP contribution in [0.3, 0.4) is 0 Å². The van der Waals surface area contributed by atoms with E-state index in [0.29, 0.717) is 13.0 Å². The Hall–Kier alpha value is -3.40. The maximum atomic E-state index is 12.8. The number of hydrogen-bond donors (Lipinski definition) is 1. The smallest absolute Gasteiger partial charge is 0.221 e. The van der Waals surface area contributed by atoms with Crippen molar-refractivity contribution < 1.29 is 4.79 Å². The minimum Gasteiger partial charge on any atom is -0.352 e. The van der Waals surface area contributed by atoms with Gasteiger partial charge in [0.25, 0.3) is 0 Å². The highest BCUT2D eigenvalue weighted by molar-refractivity contribution is 5.86. The molecule has 1 N–H and O–H groups in total. The molecule has 0 fully saturated rings. The molecule has 2 aromatic carbocycles. The van der Waals surface area contributed by atoms with Crippen LogP contribution in [0.25, 0.3) is 10.9 Å². The molecule has 2 aromatic heterocycles. The molecule has 0 unspecified atom stereocenters. The normalized spacial score (nSPS) is 12.1. The molecule has 0 radical (unpaired) electrons. The lowest BCUT2D eigenvalue weighted by molar-refractivity contribution is -0.121. The first kappa shape index (κ1) is 18.9. The standard InChI is InChI=1S/C25H25N3O/c1-18-9-11-20(12-10-18)22(14-25(29)27-16-19-6-5-13-26-15-19)23-17-28(2)24-8-4-3-7-21(23)24/h3-13,15,17,22H,14,16H2,1-2H3,(H,27,29)/t22-/m1/s1. The van der Waals surface area contributed by atoms with Gasteiger partial charge < -0.3 is 9.88 Å². The van der Waals surface area contributed by atoms with Crippen LogP contribution in [0.2, 0.25) is 0 Å². The molecule has 0 aliphatic carbocycles. The van der Waals surface area contributed by atoms with Gasteiger partial charge in [-0.1, -0.05) is 54.1 Å². The van der Waals surface area contributed by atoms with Crippen molar-refractivity contribution in [3.05, 3.63) is 102 Å². The fraction of sp³-hybridized carbons (Fsp3) is 0.200. The number of aromatic nitrogens is 2. The number of carbonyl (C=O) groups excluding carboxylic acids is 1. The third kappa shape index (κ3) is 4.21. The fourth-order valence-electron chi connectivity index (χ4n) is 3.82. The number of nitrogens with one attached hydrogen (secondary N) is 1. The Balaban J connectivity index is 1.63. The molecule has 0 aliphatic rings. The minimum absolute atomic E-state index is 0.00408. The summed E-state index contributed by atoms with van der Waals surface area (Å²) in [6.07, 6.45) is 6.07. The van der Waals surface area contributed by atoms with E-state index in [0.717, 1.165) is 11.1 Å². The lowest BCUT2D eigenvalue weighted by Gasteiger charge is -2.17. The van der Waals surface area contributed by atoms with Gasteiger partial charge >= 0.3 is 0 Å². The Labute approximate surface area is 171 Å². The number of aryl methyl sites for hydroxylation is 2. The van der Waals surface area contributed by atoms with Gasteiger partial charge in [-0.15, -0.1) is 0 Å². The number of benzene rings is 2. The van der Waals surface area contributed by atoms with Crippen LogP contribution < -0.4 is 5.32 Å². The number of nitrogens with zero attached hydrogens (tertiary/aromatic N) is 2. The van der Waals surface area contributed by atoms with E-state index in [9.17, 15) is 4.79 Å². The Morgan fingerprint density at radius 2 is 1.86 bits per heavy atom. The number of carbonyl (C=O) groups is 1. The third-order valence-corrected chi connectivity index (χ3v) is 5.38. The number of rotatable bonds is 6. The zero-order chi connectivity index (χ0) is 20.2. The van der Waals surface area contributed by atoms with E-state index in [1.807, 2.05) is 18.2 Å². The van der Waals surface area contributed by atoms with Crippen molar-refractivity contribution in [3.8, 4) is 0 Å². The molecule has 0 saturated heterocycles.